The lowest BCUT2D eigenvalue weighted by Gasteiger charge is -2.03. The van der Waals surface area contributed by atoms with E-state index >= 15 is 0 Å². The number of hydrogen-bond acceptors (Lipinski definition) is 0. The van der Waals surface area contributed by atoms with E-state index < -0.39 is 0 Å². The third-order valence-corrected chi connectivity index (χ3v) is 2.78. The second-order valence-electron chi connectivity index (χ2n) is 3.96. The summed E-state index contributed by atoms with van der Waals surface area (Å²) in [5, 5.41) is 0. The molecule has 0 atom stereocenters. The van der Waals surface area contributed by atoms with Gasteiger partial charge in [0.1, 0.15) is 0 Å². The van der Waals surface area contributed by atoms with Gasteiger partial charge in [0.25, 0.3) is 0 Å². The van der Waals surface area contributed by atoms with Crippen LogP contribution in [0.5, 0.6) is 0 Å². The van der Waals surface area contributed by atoms with E-state index in [1.54, 1.807) is 0 Å². The van der Waals surface area contributed by atoms with Gasteiger partial charge in [0.2, 0.25) is 0 Å². The monoisotopic (exact) mass is 242 g/mol. The smallest absolute Gasteiger partial charge is 0.0407 e. The lowest BCUT2D eigenvalue weighted by molar-refractivity contribution is 1.19. The third-order valence-electron chi connectivity index (χ3n) is 2.60. The van der Waals surface area contributed by atoms with Crippen molar-refractivity contribution in [2.75, 3.05) is 5.88 Å². The Morgan fingerprint density at radius 2 is 1.65 bits per heavy atom. The van der Waals surface area contributed by atoms with E-state index in [1.807, 2.05) is 12.1 Å². The van der Waals surface area contributed by atoms with Crippen molar-refractivity contribution in [3.63, 3.8) is 0 Å². The van der Waals surface area contributed by atoms with Crippen molar-refractivity contribution < 1.29 is 0 Å². The van der Waals surface area contributed by atoms with Gasteiger partial charge < -0.3 is 0 Å². The molecule has 2 aromatic rings. The largest absolute Gasteiger partial charge is 0.122 e. The molecular weight excluding hydrogens is 228 g/mol. The normalized spacial score (nSPS) is 10.9. The number of hydrogen-bond donors (Lipinski definition) is 0. The summed E-state index contributed by atoms with van der Waals surface area (Å²) in [4.78, 5) is 0. The van der Waals surface area contributed by atoms with E-state index in [-0.39, 0.29) is 0 Å². The number of alkyl halides is 1. The van der Waals surface area contributed by atoms with Crippen LogP contribution >= 0.6 is 11.6 Å². The summed E-state index contributed by atoms with van der Waals surface area (Å²) in [6, 6.07) is 19.1. The molecule has 0 saturated carbocycles. The highest BCUT2D eigenvalue weighted by atomic mass is 35.5. The minimum Gasteiger partial charge on any atom is -0.122 e. The number of rotatable bonds is 4. The van der Waals surface area contributed by atoms with Crippen LogP contribution in [-0.4, -0.2) is 5.88 Å². The van der Waals surface area contributed by atoms with Crippen LogP contribution in [0.25, 0.3) is 6.08 Å². The van der Waals surface area contributed by atoms with Gasteiger partial charge >= 0.3 is 0 Å². The fraction of sp³-hybridized carbons (Fsp3) is 0.125. The van der Waals surface area contributed by atoms with E-state index in [0.717, 1.165) is 6.42 Å². The summed E-state index contributed by atoms with van der Waals surface area (Å²) < 4.78 is 0. The predicted molar refractivity (Wildman–Crippen MR) is 75.4 cm³/mol. The van der Waals surface area contributed by atoms with E-state index in [9.17, 15) is 0 Å². The summed E-state index contributed by atoms with van der Waals surface area (Å²) >= 11 is 5.63. The van der Waals surface area contributed by atoms with Gasteiger partial charge in [-0.05, 0) is 23.1 Å². The van der Waals surface area contributed by atoms with Crippen molar-refractivity contribution in [1.29, 1.82) is 0 Å². The summed E-state index contributed by atoms with van der Waals surface area (Å²) in [7, 11) is 0. The fourth-order valence-electron chi connectivity index (χ4n) is 1.82. The average Bonchev–Trinajstić information content (AvgIpc) is 2.38. The van der Waals surface area contributed by atoms with E-state index in [0.29, 0.717) is 5.88 Å². The first kappa shape index (κ1) is 11.9. The molecule has 0 amide bonds. The molecule has 1 heteroatoms. The van der Waals surface area contributed by atoms with Gasteiger partial charge in [0.05, 0.1) is 0 Å². The maximum Gasteiger partial charge on any atom is 0.0407 e. The minimum atomic E-state index is 0.558. The quantitative estimate of drug-likeness (QED) is 0.691. The molecule has 0 aromatic heterocycles. The van der Waals surface area contributed by atoms with E-state index in [4.69, 9.17) is 11.6 Å². The third kappa shape index (κ3) is 3.76. The van der Waals surface area contributed by atoms with Gasteiger partial charge in [-0.25, -0.2) is 0 Å². The molecular formula is C16H15Cl. The van der Waals surface area contributed by atoms with Crippen LogP contribution in [0.15, 0.2) is 60.7 Å². The lowest BCUT2D eigenvalue weighted by atomic mass is 10.0. The predicted octanol–water partition coefficient (Wildman–Crippen LogP) is 4.53. The van der Waals surface area contributed by atoms with Gasteiger partial charge in [-0.2, -0.15) is 0 Å². The van der Waals surface area contributed by atoms with Crippen LogP contribution in [0.1, 0.15) is 16.7 Å². The number of benzene rings is 2. The molecule has 0 aliphatic carbocycles. The molecule has 2 rings (SSSR count). The summed E-state index contributed by atoms with van der Waals surface area (Å²) in [5.74, 6) is 0.558. The Bertz CT molecular complexity index is 486. The Hall–Kier alpha value is -1.53. The van der Waals surface area contributed by atoms with Crippen molar-refractivity contribution in [3.05, 3.63) is 77.4 Å². The van der Waals surface area contributed by atoms with Crippen molar-refractivity contribution in [3.8, 4) is 0 Å². The van der Waals surface area contributed by atoms with Gasteiger partial charge in [0, 0.05) is 5.88 Å². The molecule has 0 saturated heterocycles. The van der Waals surface area contributed by atoms with Gasteiger partial charge in [0.15, 0.2) is 0 Å². The Kier molecular flexibility index (Phi) is 4.40. The molecule has 0 fully saturated rings. The van der Waals surface area contributed by atoms with Crippen LogP contribution in [0, 0.1) is 0 Å². The van der Waals surface area contributed by atoms with Gasteiger partial charge in [-0.3, -0.25) is 0 Å². The molecule has 0 heterocycles. The summed E-state index contributed by atoms with van der Waals surface area (Å²) in [6.45, 7) is 0. The highest BCUT2D eigenvalue weighted by Gasteiger charge is 1.96. The molecule has 0 aliphatic rings. The summed E-state index contributed by atoms with van der Waals surface area (Å²) in [6.07, 6.45) is 4.99. The van der Waals surface area contributed by atoms with Crippen LogP contribution in [0.4, 0.5) is 0 Å². The molecule has 0 radical (unpaired) electrons. The Labute approximate surface area is 108 Å². The molecule has 0 unspecified atom stereocenters. The zero-order valence-corrected chi connectivity index (χ0v) is 10.4. The van der Waals surface area contributed by atoms with Gasteiger partial charge in [-0.15, -0.1) is 11.6 Å². The first-order valence-electron chi connectivity index (χ1n) is 5.74. The second-order valence-corrected chi connectivity index (χ2v) is 4.27. The van der Waals surface area contributed by atoms with Crippen LogP contribution in [0.2, 0.25) is 0 Å². The number of halogens is 1. The first-order valence-corrected chi connectivity index (χ1v) is 6.27. The Balaban J connectivity index is 2.14. The summed E-state index contributed by atoms with van der Waals surface area (Å²) in [5.41, 5.74) is 3.87. The van der Waals surface area contributed by atoms with Crippen LogP contribution in [-0.2, 0) is 6.42 Å². The first-order chi connectivity index (χ1) is 8.38. The molecule has 0 spiro atoms. The standard InChI is InChI=1S/C16H15Cl/c17-11-5-10-15-8-4-9-16(13-15)12-14-6-2-1-3-7-14/h1-10,13H,11-12H2/b10-5+. The molecule has 0 aliphatic heterocycles. The van der Waals surface area contributed by atoms with E-state index in [2.05, 4.69) is 54.6 Å². The van der Waals surface area contributed by atoms with Crippen molar-refractivity contribution in [2.45, 2.75) is 6.42 Å². The number of allylic oxidation sites excluding steroid dienone is 1. The molecule has 0 bridgehead atoms. The van der Waals surface area contributed by atoms with Crippen LogP contribution < -0.4 is 0 Å². The second kappa shape index (κ2) is 6.27. The average molecular weight is 243 g/mol. The van der Waals surface area contributed by atoms with Crippen molar-refractivity contribution >= 4 is 17.7 Å². The van der Waals surface area contributed by atoms with Crippen molar-refractivity contribution in [2.24, 2.45) is 0 Å². The molecule has 2 aromatic carbocycles. The fourth-order valence-corrected chi connectivity index (χ4v) is 1.91. The molecule has 17 heavy (non-hydrogen) atoms. The van der Waals surface area contributed by atoms with Crippen LogP contribution in [0.3, 0.4) is 0 Å². The SMILES string of the molecule is ClC/C=C/c1cccc(Cc2ccccc2)c1. The Morgan fingerprint density at radius 1 is 0.882 bits per heavy atom. The molecule has 86 valence electrons. The topological polar surface area (TPSA) is 0 Å². The highest BCUT2D eigenvalue weighted by Crippen LogP contribution is 2.12. The van der Waals surface area contributed by atoms with Crippen molar-refractivity contribution in [1.82, 2.24) is 0 Å². The minimum absolute atomic E-state index is 0.558. The highest BCUT2D eigenvalue weighted by molar-refractivity contribution is 6.19. The van der Waals surface area contributed by atoms with Gasteiger partial charge in [-0.1, -0.05) is 66.7 Å². The maximum absolute atomic E-state index is 5.63. The van der Waals surface area contributed by atoms with E-state index in [1.165, 1.54) is 16.7 Å². The molecule has 0 nitrogen and oxygen atoms in total. The zero-order chi connectivity index (χ0) is 11.9. The molecule has 0 N–H and O–H groups in total. The zero-order valence-electron chi connectivity index (χ0n) is 9.64. The Morgan fingerprint density at radius 3 is 2.41 bits per heavy atom. The lowest BCUT2D eigenvalue weighted by Crippen LogP contribution is -1.87. The maximum atomic E-state index is 5.63.